The van der Waals surface area contributed by atoms with Gasteiger partial charge in [0.15, 0.2) is 11.3 Å². The maximum absolute atomic E-state index is 16.1. The van der Waals surface area contributed by atoms with Gasteiger partial charge in [0.2, 0.25) is 11.8 Å². The molecule has 0 spiro atoms. The van der Waals surface area contributed by atoms with E-state index in [0.717, 1.165) is 34.5 Å². The molecule has 10 rings (SSSR count). The second-order valence-corrected chi connectivity index (χ2v) is 16.1. The van der Waals surface area contributed by atoms with Crippen LogP contribution in [0.3, 0.4) is 0 Å². The minimum atomic E-state index is -1.45. The molecule has 1 atom stereocenters. The van der Waals surface area contributed by atoms with Crippen molar-refractivity contribution in [3.05, 3.63) is 71.7 Å². The van der Waals surface area contributed by atoms with E-state index in [1.54, 1.807) is 42.1 Å². The highest BCUT2D eigenvalue weighted by atomic mass is 19.1. The molecule has 60 heavy (non-hydrogen) atoms. The molecular weight excluding hydrogens is 778 g/mol. The monoisotopic (exact) mass is 819 g/mol. The number of hydrogen-bond acceptors (Lipinski definition) is 13. The quantitative estimate of drug-likeness (QED) is 0.207. The molecule has 2 N–H and O–H groups in total. The molecule has 0 radical (unpaired) electrons. The zero-order chi connectivity index (χ0) is 41.3. The predicted molar refractivity (Wildman–Crippen MR) is 214 cm³/mol. The molecule has 4 fully saturated rings. The van der Waals surface area contributed by atoms with Crippen LogP contribution in [0.5, 0.6) is 5.75 Å². The Morgan fingerprint density at radius 3 is 2.53 bits per heavy atom. The fourth-order valence-corrected chi connectivity index (χ4v) is 9.02. The number of amides is 5. The Bertz CT molecular complexity index is 2590. The van der Waals surface area contributed by atoms with Crippen LogP contribution in [0.2, 0.25) is 0 Å². The van der Waals surface area contributed by atoms with Crippen LogP contribution in [0.15, 0.2) is 55.0 Å². The number of fused-ring (bicyclic) bond motifs is 3. The number of imide groups is 2. The summed E-state index contributed by atoms with van der Waals surface area (Å²) in [5.41, 5.74) is 1.53. The highest BCUT2D eigenvalue weighted by Gasteiger charge is 2.48. The Balaban J connectivity index is 0.756. The lowest BCUT2D eigenvalue weighted by Gasteiger charge is -2.48. The van der Waals surface area contributed by atoms with Crippen molar-refractivity contribution in [1.82, 2.24) is 39.5 Å². The molecule has 19 heteroatoms. The highest BCUT2D eigenvalue weighted by Crippen LogP contribution is 2.37. The van der Waals surface area contributed by atoms with Gasteiger partial charge in [-0.1, -0.05) is 0 Å². The van der Waals surface area contributed by atoms with Gasteiger partial charge in [-0.25, -0.2) is 13.9 Å². The summed E-state index contributed by atoms with van der Waals surface area (Å²) in [5.74, 6) is -1.41. The number of halogens is 1. The summed E-state index contributed by atoms with van der Waals surface area (Å²) in [6.07, 6.45) is 6.93. The van der Waals surface area contributed by atoms with Gasteiger partial charge in [-0.3, -0.25) is 43.8 Å². The molecule has 0 saturated carbocycles. The number of carbonyl (C=O) groups is 5. The third kappa shape index (κ3) is 6.66. The van der Waals surface area contributed by atoms with Crippen LogP contribution in [-0.4, -0.2) is 142 Å². The average molecular weight is 820 g/mol. The number of aromatic nitrogens is 5. The van der Waals surface area contributed by atoms with Gasteiger partial charge in [-0.05, 0) is 49.6 Å². The van der Waals surface area contributed by atoms with Gasteiger partial charge in [-0.2, -0.15) is 10.2 Å². The van der Waals surface area contributed by atoms with E-state index < -0.39 is 35.3 Å². The number of ether oxygens (including phenoxy) is 2. The molecule has 310 valence electrons. The van der Waals surface area contributed by atoms with Gasteiger partial charge in [0.05, 0.1) is 68.0 Å². The molecule has 5 aliphatic heterocycles. The number of nitrogens with zero attached hydrogens (tertiary/aromatic N) is 9. The maximum atomic E-state index is 16.1. The number of likely N-dealkylation sites (tertiary alicyclic amines) is 1. The van der Waals surface area contributed by atoms with Gasteiger partial charge >= 0.3 is 0 Å². The lowest BCUT2D eigenvalue weighted by molar-refractivity contribution is -0.136. The summed E-state index contributed by atoms with van der Waals surface area (Å²) in [6, 6.07) is 9.43. The second-order valence-electron chi connectivity index (χ2n) is 16.1. The molecule has 5 aliphatic rings. The summed E-state index contributed by atoms with van der Waals surface area (Å²) >= 11 is 0. The van der Waals surface area contributed by atoms with Crippen LogP contribution >= 0.6 is 0 Å². The molecule has 1 unspecified atom stereocenters. The number of piperidine rings is 2. The number of hydrogen-bond donors (Lipinski definition) is 2. The van der Waals surface area contributed by atoms with Gasteiger partial charge in [0, 0.05) is 68.7 Å². The summed E-state index contributed by atoms with van der Waals surface area (Å²) in [5, 5.41) is 15.2. The van der Waals surface area contributed by atoms with Crippen molar-refractivity contribution in [2.75, 3.05) is 81.3 Å². The van der Waals surface area contributed by atoms with E-state index in [0.29, 0.717) is 67.7 Å². The first-order valence-electron chi connectivity index (χ1n) is 20.1. The fourth-order valence-electron chi connectivity index (χ4n) is 9.02. The molecule has 0 aliphatic carbocycles. The molecule has 3 aromatic heterocycles. The van der Waals surface area contributed by atoms with Gasteiger partial charge in [0.25, 0.3) is 17.7 Å². The van der Waals surface area contributed by atoms with Crippen molar-refractivity contribution >= 4 is 63.3 Å². The van der Waals surface area contributed by atoms with Crippen molar-refractivity contribution in [2.24, 2.45) is 0 Å². The first-order valence-corrected chi connectivity index (χ1v) is 20.1. The first-order chi connectivity index (χ1) is 29.0. The van der Waals surface area contributed by atoms with E-state index >= 15 is 4.39 Å². The lowest BCUT2D eigenvalue weighted by atomic mass is 9.92. The van der Waals surface area contributed by atoms with Crippen LogP contribution in [0.1, 0.15) is 62.8 Å². The lowest BCUT2D eigenvalue weighted by Crippen LogP contribution is -2.64. The second kappa shape index (κ2) is 14.7. The van der Waals surface area contributed by atoms with Crippen LogP contribution < -0.4 is 25.2 Å². The van der Waals surface area contributed by atoms with E-state index in [4.69, 9.17) is 19.6 Å². The smallest absolute Gasteiger partial charge is 0.262 e. The van der Waals surface area contributed by atoms with Crippen LogP contribution in [-0.2, 0) is 14.3 Å². The first kappa shape index (κ1) is 37.8. The standard InChI is InChI=1S/C41H42FN11O7/c1-59-33-18-30-24(16-31(33)44-37(55)29-19-43-51-11-8-34(45-36(29)51)49-12-14-60-15-13-49)20-52(47-30)25-6-9-48(10-7-25)21-41(42)22-50(23-41)26-2-3-27-28(17-26)40(58)53(39(27)57)32-4-5-35(54)46-38(32)56/h2-3,8,11,16-20,25,32H,4-7,9-10,12-15,21-23H2,1H3,(H,44,55)(H,46,54,56). The van der Waals surface area contributed by atoms with Crippen molar-refractivity contribution < 1.29 is 37.8 Å². The van der Waals surface area contributed by atoms with Crippen molar-refractivity contribution in [3.63, 3.8) is 0 Å². The Labute approximate surface area is 342 Å². The number of alkyl halides is 1. The molecule has 5 aromatic rings. The van der Waals surface area contributed by atoms with E-state index in [1.807, 2.05) is 27.9 Å². The number of nitrogens with one attached hydrogen (secondary N) is 2. The maximum Gasteiger partial charge on any atom is 0.262 e. The summed E-state index contributed by atoms with van der Waals surface area (Å²) < 4.78 is 30.8. The van der Waals surface area contributed by atoms with Crippen LogP contribution in [0.4, 0.5) is 21.6 Å². The molecule has 18 nitrogen and oxygen atoms in total. The summed E-state index contributed by atoms with van der Waals surface area (Å²) in [4.78, 5) is 75.8. The third-order valence-electron chi connectivity index (χ3n) is 12.2. The van der Waals surface area contributed by atoms with Gasteiger partial charge in [-0.15, -0.1) is 0 Å². The fraction of sp³-hybridized carbons (Fsp3) is 0.415. The minimum absolute atomic E-state index is 0.0425. The van der Waals surface area contributed by atoms with E-state index in [-0.39, 0.29) is 55.6 Å². The SMILES string of the molecule is COc1cc2nn(C3CCN(CC4(F)CN(c5ccc6c(c5)C(=O)N(C5CCC(=O)NC5=O)C6=O)C4)CC3)cc2cc1NC(=O)c1cnn2ccc(N3CCOCC3)nc12. The van der Waals surface area contributed by atoms with Crippen LogP contribution in [0.25, 0.3) is 16.6 Å². The van der Waals surface area contributed by atoms with E-state index in [9.17, 15) is 24.0 Å². The average Bonchev–Trinajstić information content (AvgIpc) is 3.93. The number of rotatable bonds is 9. The van der Waals surface area contributed by atoms with Crippen molar-refractivity contribution in [2.45, 2.75) is 43.4 Å². The topological polar surface area (TPSA) is 189 Å². The third-order valence-corrected chi connectivity index (χ3v) is 12.2. The van der Waals surface area contributed by atoms with Crippen LogP contribution in [0, 0.1) is 0 Å². The zero-order valence-corrected chi connectivity index (χ0v) is 32.8. The van der Waals surface area contributed by atoms with E-state index in [2.05, 4.69) is 25.5 Å². The minimum Gasteiger partial charge on any atom is -0.494 e. The predicted octanol–water partition coefficient (Wildman–Crippen LogP) is 2.44. The Morgan fingerprint density at radius 1 is 0.983 bits per heavy atom. The zero-order valence-electron chi connectivity index (χ0n) is 32.8. The van der Waals surface area contributed by atoms with Gasteiger partial charge in [0.1, 0.15) is 23.2 Å². The highest BCUT2D eigenvalue weighted by molar-refractivity contribution is 6.23. The number of benzene rings is 2. The van der Waals surface area contributed by atoms with Crippen molar-refractivity contribution in [3.8, 4) is 5.75 Å². The molecular formula is C41H42FN11O7. The number of carbonyl (C=O) groups excluding carboxylic acids is 5. The summed E-state index contributed by atoms with van der Waals surface area (Å²) in [6.45, 7) is 4.57. The van der Waals surface area contributed by atoms with E-state index in [1.165, 1.54) is 6.20 Å². The molecule has 0 bridgehead atoms. The Kier molecular flexibility index (Phi) is 9.23. The number of anilines is 3. The van der Waals surface area contributed by atoms with Crippen molar-refractivity contribution in [1.29, 1.82) is 0 Å². The normalized spacial score (nSPS) is 21.1. The molecule has 5 amide bonds. The summed E-state index contributed by atoms with van der Waals surface area (Å²) in [7, 11) is 1.54. The number of morpholine rings is 1. The molecule has 4 saturated heterocycles. The van der Waals surface area contributed by atoms with Gasteiger partial charge < -0.3 is 24.6 Å². The number of methoxy groups -OCH3 is 1. The Hall–Kier alpha value is -6.47. The molecule has 2 aromatic carbocycles. The largest absolute Gasteiger partial charge is 0.494 e. The Morgan fingerprint density at radius 2 is 1.77 bits per heavy atom. The molecule has 8 heterocycles.